The molecule has 0 fully saturated rings. The number of aromatic nitrogens is 2. The fourth-order valence-electron chi connectivity index (χ4n) is 3.00. The third-order valence-electron chi connectivity index (χ3n) is 4.33. The van der Waals surface area contributed by atoms with Crippen LogP contribution in [0.3, 0.4) is 0 Å². The number of ketones is 1. The summed E-state index contributed by atoms with van der Waals surface area (Å²) < 4.78 is 50.3. The standard InChI is InChI=1S/C20H17F3N2O4/c1-11-7-18(29-24-11)19(27)28-10-17(26)16-8-12(2)25(13(16)3)15-6-4-5-14(9-15)20(21,22)23/h4-9H,10H2,1-3H3. The summed E-state index contributed by atoms with van der Waals surface area (Å²) in [5.74, 6) is -1.43. The van der Waals surface area contributed by atoms with Crippen LogP contribution in [0.2, 0.25) is 0 Å². The zero-order valence-corrected chi connectivity index (χ0v) is 15.8. The van der Waals surface area contributed by atoms with Gasteiger partial charge in [-0.05, 0) is 45.0 Å². The van der Waals surface area contributed by atoms with Gasteiger partial charge in [0.1, 0.15) is 0 Å². The fraction of sp³-hybridized carbons (Fsp3) is 0.250. The Morgan fingerprint density at radius 3 is 2.48 bits per heavy atom. The molecule has 0 bridgehead atoms. The van der Waals surface area contributed by atoms with E-state index >= 15 is 0 Å². The number of aryl methyl sites for hydroxylation is 2. The van der Waals surface area contributed by atoms with Crippen LogP contribution in [0.15, 0.2) is 40.9 Å². The second-order valence-electron chi connectivity index (χ2n) is 6.50. The lowest BCUT2D eigenvalue weighted by atomic mass is 10.1. The van der Waals surface area contributed by atoms with Gasteiger partial charge in [-0.15, -0.1) is 0 Å². The third-order valence-corrected chi connectivity index (χ3v) is 4.33. The van der Waals surface area contributed by atoms with E-state index in [0.29, 0.717) is 17.1 Å². The summed E-state index contributed by atoms with van der Waals surface area (Å²) in [4.78, 5) is 24.4. The second kappa shape index (κ2) is 7.57. The fourth-order valence-corrected chi connectivity index (χ4v) is 3.00. The summed E-state index contributed by atoms with van der Waals surface area (Å²) in [5, 5.41) is 3.57. The number of carbonyl (C=O) groups excluding carboxylic acids is 2. The number of carbonyl (C=O) groups is 2. The number of nitrogens with zero attached hydrogens (tertiary/aromatic N) is 2. The van der Waals surface area contributed by atoms with Gasteiger partial charge in [-0.2, -0.15) is 13.2 Å². The first-order chi connectivity index (χ1) is 13.6. The molecule has 0 N–H and O–H groups in total. The average molecular weight is 406 g/mol. The molecule has 1 aromatic carbocycles. The molecule has 2 aromatic heterocycles. The molecule has 0 aliphatic rings. The van der Waals surface area contributed by atoms with Crippen molar-refractivity contribution in [1.82, 2.24) is 9.72 Å². The van der Waals surface area contributed by atoms with Crippen molar-refractivity contribution in [2.45, 2.75) is 26.9 Å². The first-order valence-electron chi connectivity index (χ1n) is 8.58. The highest BCUT2D eigenvalue weighted by Gasteiger charge is 2.31. The normalized spacial score (nSPS) is 11.5. The van der Waals surface area contributed by atoms with E-state index in [1.165, 1.54) is 18.2 Å². The van der Waals surface area contributed by atoms with Crippen LogP contribution in [-0.4, -0.2) is 28.1 Å². The number of benzene rings is 1. The zero-order chi connectivity index (χ0) is 21.3. The van der Waals surface area contributed by atoms with Crippen molar-refractivity contribution < 1.29 is 32.0 Å². The minimum atomic E-state index is -4.48. The Hall–Kier alpha value is -3.36. The van der Waals surface area contributed by atoms with Crippen molar-refractivity contribution in [2.24, 2.45) is 0 Å². The van der Waals surface area contributed by atoms with Crippen LogP contribution in [0.25, 0.3) is 5.69 Å². The van der Waals surface area contributed by atoms with Gasteiger partial charge in [0, 0.05) is 28.7 Å². The van der Waals surface area contributed by atoms with E-state index < -0.39 is 30.1 Å². The van der Waals surface area contributed by atoms with E-state index in [4.69, 9.17) is 9.26 Å². The average Bonchev–Trinajstić information content (AvgIpc) is 3.22. The van der Waals surface area contributed by atoms with Gasteiger partial charge in [0.25, 0.3) is 0 Å². The Labute approximate surface area is 163 Å². The molecule has 0 unspecified atom stereocenters. The molecule has 9 heteroatoms. The molecule has 0 atom stereocenters. The highest BCUT2D eigenvalue weighted by atomic mass is 19.4. The Kier molecular flexibility index (Phi) is 5.32. The van der Waals surface area contributed by atoms with Crippen molar-refractivity contribution >= 4 is 11.8 Å². The third kappa shape index (κ3) is 4.23. The summed E-state index contributed by atoms with van der Waals surface area (Å²) in [5.41, 5.74) is 1.25. The summed E-state index contributed by atoms with van der Waals surface area (Å²) >= 11 is 0. The van der Waals surface area contributed by atoms with Crippen molar-refractivity contribution in [1.29, 1.82) is 0 Å². The molecule has 0 saturated carbocycles. The van der Waals surface area contributed by atoms with Gasteiger partial charge in [0.15, 0.2) is 6.61 Å². The number of hydrogen-bond acceptors (Lipinski definition) is 5. The predicted octanol–water partition coefficient (Wildman–Crippen LogP) is 4.45. The maximum atomic E-state index is 13.0. The van der Waals surface area contributed by atoms with Crippen LogP contribution < -0.4 is 0 Å². The molecular weight excluding hydrogens is 389 g/mol. The molecule has 152 valence electrons. The van der Waals surface area contributed by atoms with E-state index in [1.807, 2.05) is 0 Å². The lowest BCUT2D eigenvalue weighted by Gasteiger charge is -2.13. The second-order valence-corrected chi connectivity index (χ2v) is 6.50. The SMILES string of the molecule is Cc1cc(C(=O)OCC(=O)c2cc(C)n(-c3cccc(C(F)(F)F)c3)c2C)on1. The van der Waals surface area contributed by atoms with Crippen molar-refractivity contribution in [3.05, 3.63) is 70.4 Å². The Balaban J connectivity index is 1.82. The van der Waals surface area contributed by atoms with E-state index in [-0.39, 0.29) is 17.0 Å². The molecule has 2 heterocycles. The molecule has 0 saturated heterocycles. The van der Waals surface area contributed by atoms with Crippen molar-refractivity contribution in [3.8, 4) is 5.69 Å². The summed E-state index contributed by atoms with van der Waals surface area (Å²) in [6, 6.07) is 7.75. The van der Waals surface area contributed by atoms with Crippen LogP contribution in [0.1, 0.15) is 43.6 Å². The lowest BCUT2D eigenvalue weighted by Crippen LogP contribution is -2.14. The van der Waals surface area contributed by atoms with Gasteiger partial charge < -0.3 is 13.8 Å². The van der Waals surface area contributed by atoms with E-state index in [2.05, 4.69) is 5.16 Å². The smallest absolute Gasteiger partial charge is 0.416 e. The van der Waals surface area contributed by atoms with Crippen LogP contribution >= 0.6 is 0 Å². The lowest BCUT2D eigenvalue weighted by molar-refractivity contribution is -0.137. The van der Waals surface area contributed by atoms with E-state index in [9.17, 15) is 22.8 Å². The highest BCUT2D eigenvalue weighted by molar-refractivity contribution is 6.00. The number of halogens is 3. The summed E-state index contributed by atoms with van der Waals surface area (Å²) in [6.45, 7) is 4.38. The zero-order valence-electron chi connectivity index (χ0n) is 15.8. The van der Waals surface area contributed by atoms with Gasteiger partial charge in [-0.3, -0.25) is 4.79 Å². The summed E-state index contributed by atoms with van der Waals surface area (Å²) in [7, 11) is 0. The molecule has 6 nitrogen and oxygen atoms in total. The highest BCUT2D eigenvalue weighted by Crippen LogP contribution is 2.31. The molecule has 0 radical (unpaired) electrons. The summed E-state index contributed by atoms with van der Waals surface area (Å²) in [6.07, 6.45) is -4.48. The number of rotatable bonds is 5. The number of alkyl halides is 3. The molecule has 0 aliphatic carbocycles. The van der Waals surface area contributed by atoms with Crippen LogP contribution in [0, 0.1) is 20.8 Å². The Bertz CT molecular complexity index is 1080. The first-order valence-corrected chi connectivity index (χ1v) is 8.58. The molecule has 0 spiro atoms. The molecule has 29 heavy (non-hydrogen) atoms. The molecule has 3 aromatic rings. The Morgan fingerprint density at radius 1 is 1.14 bits per heavy atom. The molecule has 3 rings (SSSR count). The van der Waals surface area contributed by atoms with Crippen molar-refractivity contribution in [3.63, 3.8) is 0 Å². The molecular formula is C20H17F3N2O4. The number of ether oxygens (including phenoxy) is 1. The van der Waals surface area contributed by atoms with Crippen LogP contribution in [0.5, 0.6) is 0 Å². The predicted molar refractivity (Wildman–Crippen MR) is 96.1 cm³/mol. The Morgan fingerprint density at radius 2 is 1.86 bits per heavy atom. The van der Waals surface area contributed by atoms with Gasteiger partial charge in [-0.1, -0.05) is 11.2 Å². The van der Waals surface area contributed by atoms with Gasteiger partial charge in [-0.25, -0.2) is 4.79 Å². The van der Waals surface area contributed by atoms with Crippen LogP contribution in [0.4, 0.5) is 13.2 Å². The number of esters is 1. The maximum Gasteiger partial charge on any atom is 0.416 e. The van der Waals surface area contributed by atoms with Gasteiger partial charge >= 0.3 is 12.1 Å². The number of hydrogen-bond donors (Lipinski definition) is 0. The largest absolute Gasteiger partial charge is 0.451 e. The maximum absolute atomic E-state index is 13.0. The van der Waals surface area contributed by atoms with E-state index in [0.717, 1.165) is 12.1 Å². The quantitative estimate of drug-likeness (QED) is 0.462. The van der Waals surface area contributed by atoms with Crippen LogP contribution in [-0.2, 0) is 10.9 Å². The monoisotopic (exact) mass is 406 g/mol. The minimum Gasteiger partial charge on any atom is -0.451 e. The topological polar surface area (TPSA) is 74.3 Å². The minimum absolute atomic E-state index is 0.121. The first kappa shape index (κ1) is 20.4. The molecule has 0 aliphatic heterocycles. The molecule has 0 amide bonds. The van der Waals surface area contributed by atoms with Gasteiger partial charge in [0.05, 0.1) is 11.3 Å². The van der Waals surface area contributed by atoms with E-state index in [1.54, 1.807) is 31.4 Å². The number of Topliss-reactive ketones (excluding diaryl/α,β-unsaturated/α-hetero) is 1. The van der Waals surface area contributed by atoms with Gasteiger partial charge in [0.2, 0.25) is 11.5 Å². The van der Waals surface area contributed by atoms with Crippen molar-refractivity contribution in [2.75, 3.05) is 6.61 Å².